The Hall–Kier alpha value is -4.28. The van der Waals surface area contributed by atoms with E-state index in [0.717, 1.165) is 16.8 Å². The Labute approximate surface area is 229 Å². The summed E-state index contributed by atoms with van der Waals surface area (Å²) in [6.07, 6.45) is 3.38. The Bertz CT molecular complexity index is 1570. The molecule has 5 rings (SSSR count). The van der Waals surface area contributed by atoms with Gasteiger partial charge in [0.2, 0.25) is 5.91 Å². The average Bonchev–Trinajstić information content (AvgIpc) is 3.58. The second-order valence-corrected chi connectivity index (χ2v) is 9.72. The third-order valence-corrected chi connectivity index (χ3v) is 6.33. The fourth-order valence-corrected chi connectivity index (χ4v) is 4.45. The van der Waals surface area contributed by atoms with Gasteiger partial charge in [0.05, 0.1) is 29.8 Å². The zero-order valence-corrected chi connectivity index (χ0v) is 22.3. The molecule has 0 atom stereocenters. The van der Waals surface area contributed by atoms with Crippen molar-refractivity contribution < 1.29 is 13.9 Å². The molecule has 9 nitrogen and oxygen atoms in total. The van der Waals surface area contributed by atoms with Crippen LogP contribution in [-0.4, -0.2) is 63.0 Å². The van der Waals surface area contributed by atoms with E-state index in [2.05, 4.69) is 20.3 Å². The predicted molar refractivity (Wildman–Crippen MR) is 148 cm³/mol. The Balaban J connectivity index is 1.55. The molecule has 0 bridgehead atoms. The van der Waals surface area contributed by atoms with E-state index in [1.54, 1.807) is 28.2 Å². The number of aromatic amines is 1. The zero-order chi connectivity index (χ0) is 27.4. The maximum absolute atomic E-state index is 14.2. The van der Waals surface area contributed by atoms with Crippen molar-refractivity contribution in [2.24, 2.45) is 0 Å². The molecular formula is C28H27ClFN7O2. The van der Waals surface area contributed by atoms with Gasteiger partial charge >= 0.3 is 0 Å². The molecule has 5 aromatic rings. The number of carbonyl (C=O) groups is 1. The van der Waals surface area contributed by atoms with Gasteiger partial charge in [-0.15, -0.1) is 5.10 Å². The highest BCUT2D eigenvalue weighted by Gasteiger charge is 2.23. The van der Waals surface area contributed by atoms with E-state index in [1.165, 1.54) is 12.1 Å². The number of rotatable bonds is 10. The molecule has 0 unspecified atom stereocenters. The number of hydrogen-bond donors (Lipinski definition) is 1. The molecule has 2 heterocycles. The van der Waals surface area contributed by atoms with Gasteiger partial charge in [0.1, 0.15) is 30.2 Å². The zero-order valence-electron chi connectivity index (χ0n) is 21.5. The van der Waals surface area contributed by atoms with Crippen molar-refractivity contribution in [3.63, 3.8) is 0 Å². The normalized spacial score (nSPS) is 11.3. The Morgan fingerprint density at radius 1 is 1.13 bits per heavy atom. The summed E-state index contributed by atoms with van der Waals surface area (Å²) >= 11 is 6.14. The highest BCUT2D eigenvalue weighted by Crippen LogP contribution is 2.34. The Morgan fingerprint density at radius 3 is 2.74 bits per heavy atom. The summed E-state index contributed by atoms with van der Waals surface area (Å²) in [5.41, 5.74) is 4.04. The van der Waals surface area contributed by atoms with Crippen LogP contribution in [0.5, 0.6) is 5.75 Å². The van der Waals surface area contributed by atoms with Gasteiger partial charge in [-0.25, -0.2) is 14.1 Å². The number of nitrogens with one attached hydrogen (secondary N) is 1. The minimum absolute atomic E-state index is 0.0642. The lowest BCUT2D eigenvalue weighted by Crippen LogP contribution is -2.34. The second kappa shape index (κ2) is 11.6. The number of amides is 1. The summed E-state index contributed by atoms with van der Waals surface area (Å²) in [7, 11) is 3.91. The summed E-state index contributed by atoms with van der Waals surface area (Å²) in [5, 5.41) is 8.58. The number of carbonyl (C=O) groups excluding carboxylic acids is 1. The summed E-state index contributed by atoms with van der Waals surface area (Å²) in [5.74, 6) is -0.267. The number of anilines is 1. The van der Waals surface area contributed by atoms with Crippen molar-refractivity contribution >= 4 is 34.2 Å². The lowest BCUT2D eigenvalue weighted by Gasteiger charge is -2.26. The molecule has 2 aromatic heterocycles. The van der Waals surface area contributed by atoms with E-state index >= 15 is 0 Å². The van der Waals surface area contributed by atoms with Crippen molar-refractivity contribution in [1.29, 1.82) is 0 Å². The van der Waals surface area contributed by atoms with Crippen LogP contribution in [0.15, 0.2) is 73.2 Å². The monoisotopic (exact) mass is 547 g/mol. The maximum atomic E-state index is 14.2. The average molecular weight is 548 g/mol. The largest absolute Gasteiger partial charge is 0.490 e. The first kappa shape index (κ1) is 26.3. The molecular weight excluding hydrogens is 521 g/mol. The van der Waals surface area contributed by atoms with Crippen molar-refractivity contribution in [2.75, 3.05) is 32.1 Å². The first-order valence-corrected chi connectivity index (χ1v) is 12.7. The van der Waals surface area contributed by atoms with Crippen LogP contribution in [-0.2, 0) is 17.9 Å². The minimum Gasteiger partial charge on any atom is -0.490 e. The van der Waals surface area contributed by atoms with Crippen LogP contribution in [0.2, 0.25) is 5.02 Å². The number of hydrogen-bond acceptors (Lipinski definition) is 6. The van der Waals surface area contributed by atoms with E-state index in [9.17, 15) is 9.18 Å². The Kier molecular flexibility index (Phi) is 7.85. The van der Waals surface area contributed by atoms with Crippen LogP contribution in [0, 0.1) is 5.82 Å². The number of aromatic nitrogens is 5. The molecule has 0 aliphatic heterocycles. The third-order valence-electron chi connectivity index (χ3n) is 6.11. The summed E-state index contributed by atoms with van der Waals surface area (Å²) in [6, 6.07) is 17.2. The SMILES string of the molecule is CN(C)CCOc1cc(-c2c[nH]cn2)ccc1N(Cc1cc(F)cc(Cl)c1)C(=O)Cn1nnc2ccccc21. The number of likely N-dealkylation sites (N-methyl/N-ethyl adjacent to an activating group) is 1. The molecule has 0 radical (unpaired) electrons. The van der Waals surface area contributed by atoms with Gasteiger partial charge in [0, 0.05) is 23.3 Å². The standard InChI is InChI=1S/C28H27ClFN7O2/c1-35(2)9-10-39-27-13-20(24-15-31-18-32-24)7-8-26(27)36(16-19-11-21(29)14-22(30)12-19)28(38)17-37-25-6-4-3-5-23(25)33-34-37/h3-8,11-15,18H,9-10,16-17H2,1-2H3,(H,31,32). The number of H-pyrrole nitrogens is 1. The number of ether oxygens (including phenoxy) is 1. The van der Waals surface area contributed by atoms with Gasteiger partial charge in [-0.3, -0.25) is 4.79 Å². The third kappa shape index (κ3) is 6.24. The van der Waals surface area contributed by atoms with Crippen LogP contribution in [0.4, 0.5) is 10.1 Å². The van der Waals surface area contributed by atoms with Gasteiger partial charge in [-0.1, -0.05) is 35.0 Å². The fraction of sp³-hybridized carbons (Fsp3) is 0.214. The van der Waals surface area contributed by atoms with Gasteiger partial charge in [0.15, 0.2) is 0 Å². The number of imidazole rings is 1. The van der Waals surface area contributed by atoms with Crippen molar-refractivity contribution in [3.8, 4) is 17.0 Å². The molecule has 1 N–H and O–H groups in total. The van der Waals surface area contributed by atoms with Crippen LogP contribution in [0.1, 0.15) is 5.56 Å². The van der Waals surface area contributed by atoms with E-state index < -0.39 is 5.82 Å². The number of halogens is 2. The molecule has 0 spiro atoms. The van der Waals surface area contributed by atoms with Gasteiger partial charge < -0.3 is 19.5 Å². The smallest absolute Gasteiger partial charge is 0.249 e. The highest BCUT2D eigenvalue weighted by atomic mass is 35.5. The van der Waals surface area contributed by atoms with Crippen molar-refractivity contribution in [3.05, 3.63) is 89.6 Å². The first-order valence-electron chi connectivity index (χ1n) is 12.3. The number of benzene rings is 3. The summed E-state index contributed by atoms with van der Waals surface area (Å²) < 4.78 is 22.0. The lowest BCUT2D eigenvalue weighted by molar-refractivity contribution is -0.119. The molecule has 0 saturated heterocycles. The number of fused-ring (bicyclic) bond motifs is 1. The molecule has 1 amide bonds. The molecule has 200 valence electrons. The quantitative estimate of drug-likeness (QED) is 0.270. The van der Waals surface area contributed by atoms with Gasteiger partial charge in [0.25, 0.3) is 0 Å². The predicted octanol–water partition coefficient (Wildman–Crippen LogP) is 4.79. The molecule has 0 aliphatic carbocycles. The molecule has 3 aromatic carbocycles. The van der Waals surface area contributed by atoms with Crippen LogP contribution >= 0.6 is 11.6 Å². The molecule has 0 fully saturated rings. The van der Waals surface area contributed by atoms with Crippen LogP contribution < -0.4 is 9.64 Å². The van der Waals surface area contributed by atoms with E-state index in [-0.39, 0.29) is 24.0 Å². The van der Waals surface area contributed by atoms with Crippen molar-refractivity contribution in [1.82, 2.24) is 29.9 Å². The topological polar surface area (TPSA) is 92.2 Å². The fourth-order valence-electron chi connectivity index (χ4n) is 4.21. The number of para-hydroxylation sites is 1. The molecule has 39 heavy (non-hydrogen) atoms. The van der Waals surface area contributed by atoms with Gasteiger partial charge in [-0.2, -0.15) is 0 Å². The Morgan fingerprint density at radius 2 is 1.97 bits per heavy atom. The van der Waals surface area contributed by atoms with Crippen LogP contribution in [0.25, 0.3) is 22.3 Å². The van der Waals surface area contributed by atoms with Crippen molar-refractivity contribution in [2.45, 2.75) is 13.1 Å². The molecule has 11 heteroatoms. The van der Waals surface area contributed by atoms with E-state index in [1.807, 2.05) is 61.5 Å². The first-order chi connectivity index (χ1) is 18.9. The maximum Gasteiger partial charge on any atom is 0.249 e. The molecule has 0 saturated carbocycles. The minimum atomic E-state index is -0.483. The second-order valence-electron chi connectivity index (χ2n) is 9.28. The van der Waals surface area contributed by atoms with Gasteiger partial charge in [-0.05, 0) is 62.1 Å². The summed E-state index contributed by atoms with van der Waals surface area (Å²) in [6.45, 7) is 1.05. The van der Waals surface area contributed by atoms with E-state index in [4.69, 9.17) is 16.3 Å². The molecule has 0 aliphatic rings. The number of nitrogens with zero attached hydrogens (tertiary/aromatic N) is 6. The highest BCUT2D eigenvalue weighted by molar-refractivity contribution is 6.30. The summed E-state index contributed by atoms with van der Waals surface area (Å²) in [4.78, 5) is 24.8. The van der Waals surface area contributed by atoms with E-state index in [0.29, 0.717) is 35.7 Å². The van der Waals surface area contributed by atoms with Crippen LogP contribution in [0.3, 0.4) is 0 Å². The lowest BCUT2D eigenvalue weighted by atomic mass is 10.1.